The summed E-state index contributed by atoms with van der Waals surface area (Å²) in [6.07, 6.45) is 2.51. The molecule has 10 nitrogen and oxygen atoms in total. The Morgan fingerprint density at radius 2 is 1.82 bits per heavy atom. The number of nitro benzene ring substituents is 1. The molecule has 0 unspecified atom stereocenters. The lowest BCUT2D eigenvalue weighted by molar-refractivity contribution is -0.384. The van der Waals surface area contributed by atoms with Gasteiger partial charge in [-0.05, 0) is 29.3 Å². The third kappa shape index (κ3) is 7.16. The van der Waals surface area contributed by atoms with Gasteiger partial charge in [0.05, 0.1) is 17.6 Å². The summed E-state index contributed by atoms with van der Waals surface area (Å²) < 4.78 is 10.2. The zero-order valence-electron chi connectivity index (χ0n) is 17.9. The molecule has 2 aromatic carbocycles. The lowest BCUT2D eigenvalue weighted by Crippen LogP contribution is -2.35. The van der Waals surface area contributed by atoms with Crippen LogP contribution in [0.25, 0.3) is 6.08 Å². The van der Waals surface area contributed by atoms with Gasteiger partial charge in [-0.2, -0.15) is 0 Å². The van der Waals surface area contributed by atoms with Crippen molar-refractivity contribution < 1.29 is 28.5 Å². The quantitative estimate of drug-likeness (QED) is 0.204. The third-order valence-corrected chi connectivity index (χ3v) is 4.49. The number of furan rings is 1. The van der Waals surface area contributed by atoms with Crippen molar-refractivity contribution in [3.63, 3.8) is 0 Å². The van der Waals surface area contributed by atoms with Gasteiger partial charge in [-0.3, -0.25) is 24.5 Å². The largest absolute Gasteiger partial charge is 0.461 e. The molecule has 0 saturated carbocycles. The molecule has 0 aliphatic carbocycles. The van der Waals surface area contributed by atoms with Crippen LogP contribution in [-0.4, -0.2) is 29.3 Å². The van der Waals surface area contributed by atoms with Crippen LogP contribution in [0.3, 0.4) is 0 Å². The number of benzene rings is 2. The van der Waals surface area contributed by atoms with E-state index in [-0.39, 0.29) is 36.7 Å². The summed E-state index contributed by atoms with van der Waals surface area (Å²) in [5, 5.41) is 16.0. The molecule has 1 heterocycles. The van der Waals surface area contributed by atoms with Gasteiger partial charge < -0.3 is 19.8 Å². The maximum atomic E-state index is 12.7. The molecule has 0 aliphatic heterocycles. The summed E-state index contributed by atoms with van der Waals surface area (Å²) in [6.45, 7) is 0.0696. The molecule has 0 radical (unpaired) electrons. The van der Waals surface area contributed by atoms with E-state index in [4.69, 9.17) is 9.15 Å². The normalized spacial score (nSPS) is 10.9. The van der Waals surface area contributed by atoms with E-state index >= 15 is 0 Å². The van der Waals surface area contributed by atoms with E-state index in [1.54, 1.807) is 6.07 Å². The van der Waals surface area contributed by atoms with Gasteiger partial charge in [0.25, 0.3) is 17.5 Å². The van der Waals surface area contributed by atoms with Crippen molar-refractivity contribution in [3.8, 4) is 0 Å². The van der Waals surface area contributed by atoms with Gasteiger partial charge in [0.1, 0.15) is 12.3 Å². The highest BCUT2D eigenvalue weighted by Gasteiger charge is 2.17. The van der Waals surface area contributed by atoms with Crippen LogP contribution in [0, 0.1) is 10.1 Å². The van der Waals surface area contributed by atoms with Gasteiger partial charge in [-0.15, -0.1) is 0 Å². The predicted octanol–water partition coefficient (Wildman–Crippen LogP) is 3.21. The van der Waals surface area contributed by atoms with Crippen LogP contribution < -0.4 is 10.6 Å². The van der Waals surface area contributed by atoms with Crippen molar-refractivity contribution in [2.24, 2.45) is 0 Å². The Morgan fingerprint density at radius 1 is 1.03 bits per heavy atom. The second-order valence-electron chi connectivity index (χ2n) is 6.99. The van der Waals surface area contributed by atoms with Crippen molar-refractivity contribution >= 4 is 29.5 Å². The average Bonchev–Trinajstić information content (AvgIpc) is 3.38. The standard InChI is InChI=1S/C24H21N3O7/c28-22(34-16-17-6-2-1-3-7-17)11-12-25-23(29)20(26-24(30)21-10-5-13-33-21)15-18-8-4-9-19(14-18)27(31)32/h1-10,13-15H,11-12,16H2,(H,25,29)(H,26,30). The lowest BCUT2D eigenvalue weighted by atomic mass is 10.1. The Morgan fingerprint density at radius 3 is 2.53 bits per heavy atom. The third-order valence-electron chi connectivity index (χ3n) is 4.49. The first-order valence-electron chi connectivity index (χ1n) is 10.2. The second-order valence-corrected chi connectivity index (χ2v) is 6.99. The molecule has 0 atom stereocenters. The van der Waals surface area contributed by atoms with E-state index in [1.165, 1.54) is 42.7 Å². The molecule has 2 N–H and O–H groups in total. The number of nitro groups is 1. The minimum atomic E-state index is -0.692. The average molecular weight is 463 g/mol. The van der Waals surface area contributed by atoms with Gasteiger partial charge >= 0.3 is 5.97 Å². The predicted molar refractivity (Wildman–Crippen MR) is 121 cm³/mol. The number of hydrogen-bond donors (Lipinski definition) is 2. The fraction of sp³-hybridized carbons (Fsp3) is 0.125. The number of carbonyl (C=O) groups excluding carboxylic acids is 3. The smallest absolute Gasteiger partial charge is 0.307 e. The molecule has 3 aromatic rings. The van der Waals surface area contributed by atoms with Crippen molar-refractivity contribution in [3.05, 3.63) is 106 Å². The summed E-state index contributed by atoms with van der Waals surface area (Å²) in [4.78, 5) is 47.5. The summed E-state index contributed by atoms with van der Waals surface area (Å²) in [5.41, 5.74) is 0.802. The number of hydrogen-bond acceptors (Lipinski definition) is 7. The van der Waals surface area contributed by atoms with Crippen LogP contribution >= 0.6 is 0 Å². The summed E-state index contributed by atoms with van der Waals surface area (Å²) in [5.74, 6) is -1.91. The monoisotopic (exact) mass is 463 g/mol. The molecule has 0 spiro atoms. The number of ether oxygens (including phenoxy) is 1. The highest BCUT2D eigenvalue weighted by atomic mass is 16.6. The van der Waals surface area contributed by atoms with Crippen LogP contribution in [-0.2, 0) is 20.9 Å². The van der Waals surface area contributed by atoms with E-state index in [0.29, 0.717) is 5.56 Å². The molecule has 1 aromatic heterocycles. The number of amides is 2. The number of nitrogens with one attached hydrogen (secondary N) is 2. The zero-order chi connectivity index (χ0) is 24.3. The molecule has 2 amide bonds. The Labute approximate surface area is 194 Å². The highest BCUT2D eigenvalue weighted by molar-refractivity contribution is 6.04. The van der Waals surface area contributed by atoms with Gasteiger partial charge in [0.2, 0.25) is 0 Å². The molecule has 34 heavy (non-hydrogen) atoms. The maximum Gasteiger partial charge on any atom is 0.307 e. The van der Waals surface area contributed by atoms with Gasteiger partial charge in [-0.25, -0.2) is 0 Å². The van der Waals surface area contributed by atoms with Crippen molar-refractivity contribution in [1.82, 2.24) is 10.6 Å². The highest BCUT2D eigenvalue weighted by Crippen LogP contribution is 2.15. The van der Waals surface area contributed by atoms with Crippen LogP contribution in [0.2, 0.25) is 0 Å². The van der Waals surface area contributed by atoms with E-state index in [1.807, 2.05) is 30.3 Å². The van der Waals surface area contributed by atoms with E-state index < -0.39 is 22.7 Å². The number of rotatable bonds is 10. The van der Waals surface area contributed by atoms with Crippen molar-refractivity contribution in [2.45, 2.75) is 13.0 Å². The van der Waals surface area contributed by atoms with Crippen molar-refractivity contribution in [1.29, 1.82) is 0 Å². The topological polar surface area (TPSA) is 141 Å². The first-order chi connectivity index (χ1) is 16.4. The molecule has 174 valence electrons. The number of carbonyl (C=O) groups is 3. The summed E-state index contributed by atoms with van der Waals surface area (Å²) in [6, 6.07) is 17.6. The molecule has 0 aliphatic rings. The lowest BCUT2D eigenvalue weighted by Gasteiger charge is -2.10. The Bertz CT molecular complexity index is 1190. The van der Waals surface area contributed by atoms with E-state index in [9.17, 15) is 24.5 Å². The number of non-ortho nitro benzene ring substituents is 1. The Hall–Kier alpha value is -4.73. The minimum Gasteiger partial charge on any atom is -0.461 e. The fourth-order valence-electron chi connectivity index (χ4n) is 2.83. The first-order valence-corrected chi connectivity index (χ1v) is 10.2. The second kappa shape index (κ2) is 11.8. The summed E-state index contributed by atoms with van der Waals surface area (Å²) in [7, 11) is 0. The maximum absolute atomic E-state index is 12.7. The molecule has 0 bridgehead atoms. The SMILES string of the molecule is O=C(CCNC(=O)C(=Cc1cccc([N+](=O)[O-])c1)NC(=O)c1ccco1)OCc1ccccc1. The molecule has 0 saturated heterocycles. The molecule has 3 rings (SSSR count). The van der Waals surface area contributed by atoms with Crippen molar-refractivity contribution in [2.75, 3.05) is 6.54 Å². The Balaban J connectivity index is 1.64. The van der Waals surface area contributed by atoms with Gasteiger partial charge in [0.15, 0.2) is 5.76 Å². The first kappa shape index (κ1) is 23.9. The minimum absolute atomic E-state index is 0.0257. The van der Waals surface area contributed by atoms with E-state index in [0.717, 1.165) is 5.56 Å². The van der Waals surface area contributed by atoms with Crippen LogP contribution in [0.4, 0.5) is 5.69 Å². The molecule has 10 heteroatoms. The molecular weight excluding hydrogens is 442 g/mol. The van der Waals surface area contributed by atoms with Crippen LogP contribution in [0.15, 0.2) is 83.1 Å². The zero-order valence-corrected chi connectivity index (χ0v) is 17.9. The van der Waals surface area contributed by atoms with Gasteiger partial charge in [-0.1, -0.05) is 42.5 Å². The fourth-order valence-corrected chi connectivity index (χ4v) is 2.83. The summed E-state index contributed by atoms with van der Waals surface area (Å²) >= 11 is 0. The van der Waals surface area contributed by atoms with Crippen LogP contribution in [0.5, 0.6) is 0 Å². The van der Waals surface area contributed by atoms with Crippen LogP contribution in [0.1, 0.15) is 28.1 Å². The molecular formula is C24H21N3O7. The number of nitrogens with zero attached hydrogens (tertiary/aromatic N) is 1. The van der Waals surface area contributed by atoms with Gasteiger partial charge in [0, 0.05) is 18.7 Å². The Kier molecular flexibility index (Phi) is 8.28. The number of esters is 1. The van der Waals surface area contributed by atoms with E-state index in [2.05, 4.69) is 10.6 Å². The molecule has 0 fully saturated rings.